The Balaban J connectivity index is 2.29. The predicted octanol–water partition coefficient (Wildman–Crippen LogP) is 3.74. The first kappa shape index (κ1) is 16.5. The van der Waals surface area contributed by atoms with Gasteiger partial charge in [0.25, 0.3) is 0 Å². The van der Waals surface area contributed by atoms with Crippen LogP contribution in [0.5, 0.6) is 0 Å². The third-order valence-corrected chi connectivity index (χ3v) is 5.78. The molecule has 0 amide bonds. The van der Waals surface area contributed by atoms with E-state index in [1.54, 1.807) is 23.1 Å². The van der Waals surface area contributed by atoms with E-state index >= 15 is 0 Å². The molecular formula is C15H23N3OS2. The molecule has 6 heteroatoms. The van der Waals surface area contributed by atoms with Crippen LogP contribution >= 0.6 is 23.1 Å². The maximum Gasteiger partial charge on any atom is 0.142 e. The van der Waals surface area contributed by atoms with Gasteiger partial charge in [0, 0.05) is 23.3 Å². The van der Waals surface area contributed by atoms with Gasteiger partial charge in [0.1, 0.15) is 16.5 Å². The number of aryl methyl sites for hydroxylation is 2. The minimum Gasteiger partial charge on any atom is -0.396 e. The van der Waals surface area contributed by atoms with Gasteiger partial charge in [0.2, 0.25) is 0 Å². The minimum atomic E-state index is 0.236. The van der Waals surface area contributed by atoms with Gasteiger partial charge in [-0.05, 0) is 32.8 Å². The van der Waals surface area contributed by atoms with E-state index in [0.717, 1.165) is 40.6 Å². The molecule has 0 radical (unpaired) electrons. The highest BCUT2D eigenvalue weighted by Gasteiger charge is 2.14. The van der Waals surface area contributed by atoms with Crippen molar-refractivity contribution in [1.29, 1.82) is 0 Å². The largest absolute Gasteiger partial charge is 0.396 e. The van der Waals surface area contributed by atoms with Crippen molar-refractivity contribution in [3.05, 3.63) is 16.3 Å². The first-order valence-electron chi connectivity index (χ1n) is 7.29. The van der Waals surface area contributed by atoms with Crippen LogP contribution < -0.4 is 5.32 Å². The third-order valence-electron chi connectivity index (χ3n) is 3.45. The highest BCUT2D eigenvalue weighted by molar-refractivity contribution is 7.99. The summed E-state index contributed by atoms with van der Waals surface area (Å²) in [5.74, 6) is 2.61. The SMILES string of the molecule is CCNc1nc(CSC(C)CCO)nc2sc(C)c(C)c12. The first-order chi connectivity index (χ1) is 10.1. The molecule has 0 fully saturated rings. The van der Waals surface area contributed by atoms with Crippen molar-refractivity contribution in [1.82, 2.24) is 9.97 Å². The maximum absolute atomic E-state index is 8.97. The number of nitrogens with one attached hydrogen (secondary N) is 1. The molecule has 0 aliphatic rings. The number of hydrogen-bond acceptors (Lipinski definition) is 6. The van der Waals surface area contributed by atoms with Gasteiger partial charge in [-0.1, -0.05) is 6.92 Å². The van der Waals surface area contributed by atoms with Gasteiger partial charge >= 0.3 is 0 Å². The first-order valence-corrected chi connectivity index (χ1v) is 9.16. The summed E-state index contributed by atoms with van der Waals surface area (Å²) in [5.41, 5.74) is 1.28. The molecule has 2 N–H and O–H groups in total. The molecule has 0 saturated heterocycles. The van der Waals surface area contributed by atoms with Crippen molar-refractivity contribution < 1.29 is 5.11 Å². The van der Waals surface area contributed by atoms with Crippen LogP contribution in [0.4, 0.5) is 5.82 Å². The molecule has 0 aliphatic carbocycles. The number of thioether (sulfide) groups is 1. The number of anilines is 1. The van der Waals surface area contributed by atoms with Gasteiger partial charge in [0.05, 0.1) is 11.1 Å². The molecule has 116 valence electrons. The van der Waals surface area contributed by atoms with Crippen molar-refractivity contribution in [3.63, 3.8) is 0 Å². The summed E-state index contributed by atoms with van der Waals surface area (Å²) in [5, 5.41) is 13.9. The second-order valence-electron chi connectivity index (χ2n) is 5.12. The Morgan fingerprint density at radius 1 is 1.33 bits per heavy atom. The molecule has 2 heterocycles. The Bertz CT molecular complexity index is 612. The van der Waals surface area contributed by atoms with Gasteiger partial charge in [-0.15, -0.1) is 11.3 Å². The Morgan fingerprint density at radius 2 is 2.10 bits per heavy atom. The highest BCUT2D eigenvalue weighted by Crippen LogP contribution is 2.33. The van der Waals surface area contributed by atoms with E-state index in [2.05, 4.69) is 33.0 Å². The van der Waals surface area contributed by atoms with Crippen LogP contribution in [0.25, 0.3) is 10.2 Å². The Morgan fingerprint density at radius 3 is 2.76 bits per heavy atom. The van der Waals surface area contributed by atoms with Crippen molar-refractivity contribution in [2.75, 3.05) is 18.5 Å². The lowest BCUT2D eigenvalue weighted by molar-refractivity contribution is 0.289. The van der Waals surface area contributed by atoms with Crippen molar-refractivity contribution in [2.24, 2.45) is 0 Å². The minimum absolute atomic E-state index is 0.236. The lowest BCUT2D eigenvalue weighted by Gasteiger charge is -2.10. The molecule has 0 saturated carbocycles. The summed E-state index contributed by atoms with van der Waals surface area (Å²) in [4.78, 5) is 11.8. The van der Waals surface area contributed by atoms with Crippen molar-refractivity contribution in [3.8, 4) is 0 Å². The zero-order valence-electron chi connectivity index (χ0n) is 13.1. The van der Waals surface area contributed by atoms with Crippen LogP contribution in [0.2, 0.25) is 0 Å². The second-order valence-corrected chi connectivity index (χ2v) is 7.75. The molecule has 0 spiro atoms. The molecule has 0 aliphatic heterocycles. The highest BCUT2D eigenvalue weighted by atomic mass is 32.2. The number of rotatable bonds is 7. The molecule has 2 aromatic heterocycles. The van der Waals surface area contributed by atoms with Crippen LogP contribution in [-0.4, -0.2) is 33.5 Å². The van der Waals surface area contributed by atoms with E-state index in [-0.39, 0.29) is 6.61 Å². The van der Waals surface area contributed by atoms with E-state index in [0.29, 0.717) is 5.25 Å². The van der Waals surface area contributed by atoms with Crippen LogP contribution in [0.3, 0.4) is 0 Å². The Kier molecular flexibility index (Phi) is 5.84. The number of aromatic nitrogens is 2. The van der Waals surface area contributed by atoms with E-state index in [4.69, 9.17) is 15.1 Å². The number of aliphatic hydroxyl groups is 1. The number of thiophene rings is 1. The Hall–Kier alpha value is -0.850. The van der Waals surface area contributed by atoms with Gasteiger partial charge in [-0.25, -0.2) is 9.97 Å². The molecule has 2 rings (SSSR count). The van der Waals surface area contributed by atoms with E-state index < -0.39 is 0 Å². The molecule has 4 nitrogen and oxygen atoms in total. The zero-order chi connectivity index (χ0) is 15.4. The van der Waals surface area contributed by atoms with E-state index in [1.807, 2.05) is 0 Å². The lowest BCUT2D eigenvalue weighted by Crippen LogP contribution is -2.05. The van der Waals surface area contributed by atoms with E-state index in [9.17, 15) is 0 Å². The van der Waals surface area contributed by atoms with Gasteiger partial charge in [-0.2, -0.15) is 11.8 Å². The smallest absolute Gasteiger partial charge is 0.142 e. The summed E-state index contributed by atoms with van der Waals surface area (Å²) in [6.07, 6.45) is 0.810. The summed E-state index contributed by atoms with van der Waals surface area (Å²) in [6, 6.07) is 0. The molecule has 2 aromatic rings. The van der Waals surface area contributed by atoms with Crippen LogP contribution in [0, 0.1) is 13.8 Å². The summed E-state index contributed by atoms with van der Waals surface area (Å²) >= 11 is 3.53. The topological polar surface area (TPSA) is 58.0 Å². The summed E-state index contributed by atoms with van der Waals surface area (Å²) < 4.78 is 0. The molecular weight excluding hydrogens is 302 g/mol. The quantitative estimate of drug-likeness (QED) is 0.812. The van der Waals surface area contributed by atoms with Crippen molar-refractivity contribution in [2.45, 2.75) is 45.1 Å². The predicted molar refractivity (Wildman–Crippen MR) is 93.5 cm³/mol. The van der Waals surface area contributed by atoms with E-state index in [1.165, 1.54) is 10.4 Å². The van der Waals surface area contributed by atoms with Gasteiger partial charge in [0.15, 0.2) is 0 Å². The fraction of sp³-hybridized carbons (Fsp3) is 0.600. The number of nitrogens with zero attached hydrogens (tertiary/aromatic N) is 2. The monoisotopic (exact) mass is 325 g/mol. The zero-order valence-corrected chi connectivity index (χ0v) is 14.7. The molecule has 21 heavy (non-hydrogen) atoms. The fourth-order valence-electron chi connectivity index (χ4n) is 2.14. The average molecular weight is 326 g/mol. The normalized spacial score (nSPS) is 12.8. The standard InChI is InChI=1S/C15H23N3OS2/c1-5-16-14-13-10(3)11(4)21-15(13)18-12(17-14)8-20-9(2)6-7-19/h9,19H,5-8H2,1-4H3,(H,16,17,18). The molecule has 1 atom stereocenters. The number of aliphatic hydroxyl groups excluding tert-OH is 1. The molecule has 0 bridgehead atoms. The second kappa shape index (κ2) is 7.42. The van der Waals surface area contributed by atoms with Gasteiger partial charge < -0.3 is 10.4 Å². The lowest BCUT2D eigenvalue weighted by atomic mass is 10.2. The number of fused-ring (bicyclic) bond motifs is 1. The number of hydrogen-bond donors (Lipinski definition) is 2. The van der Waals surface area contributed by atoms with Crippen molar-refractivity contribution >= 4 is 39.1 Å². The Labute approximate surface area is 134 Å². The van der Waals surface area contributed by atoms with Gasteiger partial charge in [-0.3, -0.25) is 0 Å². The van der Waals surface area contributed by atoms with Crippen LogP contribution in [0.1, 0.15) is 36.5 Å². The third kappa shape index (κ3) is 3.87. The average Bonchev–Trinajstić information content (AvgIpc) is 2.73. The molecule has 0 aromatic carbocycles. The summed E-state index contributed by atoms with van der Waals surface area (Å²) in [7, 11) is 0. The summed E-state index contributed by atoms with van der Waals surface area (Å²) in [6.45, 7) is 9.57. The van der Waals surface area contributed by atoms with Crippen LogP contribution in [-0.2, 0) is 5.75 Å². The van der Waals surface area contributed by atoms with Crippen LogP contribution in [0.15, 0.2) is 0 Å². The molecule has 1 unspecified atom stereocenters. The fourth-order valence-corrected chi connectivity index (χ4v) is 4.02. The maximum atomic E-state index is 8.97.